The molecule has 28 heavy (non-hydrogen) atoms. The van der Waals surface area contributed by atoms with Gasteiger partial charge in [0.05, 0.1) is 10.7 Å². The molecule has 0 aromatic carbocycles. The van der Waals surface area contributed by atoms with E-state index in [0.717, 1.165) is 65.5 Å². The lowest BCUT2D eigenvalue weighted by Crippen LogP contribution is -2.33. The molecule has 1 amide bonds. The fourth-order valence-corrected chi connectivity index (χ4v) is 5.32. The maximum absolute atomic E-state index is 12.9. The zero-order chi connectivity index (χ0) is 19.4. The van der Waals surface area contributed by atoms with E-state index in [0.29, 0.717) is 11.8 Å². The van der Waals surface area contributed by atoms with E-state index < -0.39 is 0 Å². The largest absolute Gasteiger partial charge is 0.354 e. The van der Waals surface area contributed by atoms with Crippen LogP contribution in [-0.4, -0.2) is 61.8 Å². The van der Waals surface area contributed by atoms with Crippen LogP contribution in [0, 0.1) is 25.7 Å². The molecule has 3 aromatic rings. The number of carbonyl (C=O) groups is 1. The highest BCUT2D eigenvalue weighted by molar-refractivity contribution is 7.13. The average Bonchev–Trinajstić information content (AvgIpc) is 3.41. The summed E-state index contributed by atoms with van der Waals surface area (Å²) in [6.45, 7) is 9.41. The van der Waals surface area contributed by atoms with Gasteiger partial charge < -0.3 is 9.80 Å². The minimum absolute atomic E-state index is 0.140. The Morgan fingerprint density at radius 3 is 2.54 bits per heavy atom. The number of carbonyl (C=O) groups excluding carboxylic acids is 1. The summed E-state index contributed by atoms with van der Waals surface area (Å²) in [5.74, 6) is 2.96. The number of likely N-dealkylation sites (tertiary alicyclic amines) is 1. The summed E-state index contributed by atoms with van der Waals surface area (Å²) in [6, 6.07) is 4.00. The van der Waals surface area contributed by atoms with E-state index in [1.54, 1.807) is 0 Å². The number of rotatable bonds is 3. The molecule has 2 saturated heterocycles. The lowest BCUT2D eigenvalue weighted by Gasteiger charge is -2.22. The van der Waals surface area contributed by atoms with Crippen LogP contribution in [0.25, 0.3) is 5.65 Å². The molecule has 0 spiro atoms. The molecular formula is C19H23N7OS. The van der Waals surface area contributed by atoms with Crippen LogP contribution in [-0.2, 0) is 6.42 Å². The maximum Gasteiger partial charge on any atom is 0.265 e. The summed E-state index contributed by atoms with van der Waals surface area (Å²) < 4.78 is 1.84. The van der Waals surface area contributed by atoms with Gasteiger partial charge >= 0.3 is 0 Å². The van der Waals surface area contributed by atoms with Crippen molar-refractivity contribution in [3.63, 3.8) is 0 Å². The van der Waals surface area contributed by atoms with Gasteiger partial charge in [-0.15, -0.1) is 26.6 Å². The molecule has 3 aromatic heterocycles. The fraction of sp³-hybridized carbons (Fsp3) is 0.526. The van der Waals surface area contributed by atoms with Crippen molar-refractivity contribution in [3.8, 4) is 0 Å². The van der Waals surface area contributed by atoms with Gasteiger partial charge in [0, 0.05) is 44.4 Å². The van der Waals surface area contributed by atoms with E-state index in [4.69, 9.17) is 5.10 Å². The highest BCUT2D eigenvalue weighted by Crippen LogP contribution is 2.34. The summed E-state index contributed by atoms with van der Waals surface area (Å²) in [5, 5.41) is 14.1. The predicted octanol–water partition coefficient (Wildman–Crippen LogP) is 1.97. The molecule has 0 bridgehead atoms. The molecule has 0 aliphatic carbocycles. The first-order valence-electron chi connectivity index (χ1n) is 9.73. The van der Waals surface area contributed by atoms with Crippen LogP contribution in [0.15, 0.2) is 12.1 Å². The third-order valence-electron chi connectivity index (χ3n) is 5.82. The van der Waals surface area contributed by atoms with Crippen molar-refractivity contribution in [2.45, 2.75) is 27.2 Å². The molecule has 2 atom stereocenters. The Hall–Kier alpha value is -2.55. The van der Waals surface area contributed by atoms with E-state index in [1.165, 1.54) is 11.3 Å². The third kappa shape index (κ3) is 2.76. The number of amides is 1. The van der Waals surface area contributed by atoms with Gasteiger partial charge in [0.1, 0.15) is 10.7 Å². The highest BCUT2D eigenvalue weighted by Gasteiger charge is 2.42. The number of hydrogen-bond acceptors (Lipinski definition) is 7. The second-order valence-electron chi connectivity index (χ2n) is 7.71. The summed E-state index contributed by atoms with van der Waals surface area (Å²) in [6.07, 6.45) is 0.802. The molecule has 9 heteroatoms. The van der Waals surface area contributed by atoms with Crippen LogP contribution < -0.4 is 4.90 Å². The minimum Gasteiger partial charge on any atom is -0.354 e. The standard InChI is InChI=1S/C19H23N7OS/c1-4-15-21-22-16-5-6-17(23-26(15)16)24-7-13-9-25(10-14(13)8-24)19(27)18-11(2)20-12(3)28-18/h5-6,13-14H,4,7-10H2,1-3H3. The molecule has 146 valence electrons. The van der Waals surface area contributed by atoms with Gasteiger partial charge in [-0.3, -0.25) is 4.79 Å². The van der Waals surface area contributed by atoms with Gasteiger partial charge in [0.2, 0.25) is 0 Å². The predicted molar refractivity (Wildman–Crippen MR) is 107 cm³/mol. The molecule has 2 fully saturated rings. The number of hydrogen-bond donors (Lipinski definition) is 0. The smallest absolute Gasteiger partial charge is 0.265 e. The van der Waals surface area contributed by atoms with Gasteiger partial charge in [0.25, 0.3) is 5.91 Å². The topological polar surface area (TPSA) is 79.5 Å². The zero-order valence-electron chi connectivity index (χ0n) is 16.3. The van der Waals surface area contributed by atoms with Crippen LogP contribution in [0.1, 0.15) is 33.1 Å². The number of aromatic nitrogens is 5. The Kier molecular flexibility index (Phi) is 4.08. The van der Waals surface area contributed by atoms with Crippen molar-refractivity contribution in [2.75, 3.05) is 31.1 Å². The Balaban J connectivity index is 1.31. The first-order chi connectivity index (χ1) is 13.5. The van der Waals surface area contributed by atoms with Crippen molar-refractivity contribution >= 4 is 28.7 Å². The van der Waals surface area contributed by atoms with Crippen molar-refractivity contribution in [2.24, 2.45) is 11.8 Å². The minimum atomic E-state index is 0.140. The Morgan fingerprint density at radius 1 is 1.14 bits per heavy atom. The summed E-state index contributed by atoms with van der Waals surface area (Å²) in [7, 11) is 0. The van der Waals surface area contributed by atoms with E-state index >= 15 is 0 Å². The van der Waals surface area contributed by atoms with Gasteiger partial charge in [-0.2, -0.15) is 4.52 Å². The lowest BCUT2D eigenvalue weighted by molar-refractivity contribution is 0.0786. The Labute approximate surface area is 167 Å². The molecule has 0 N–H and O–H groups in total. The number of anilines is 1. The molecule has 0 radical (unpaired) electrons. The van der Waals surface area contributed by atoms with Crippen LogP contribution in [0.4, 0.5) is 5.82 Å². The van der Waals surface area contributed by atoms with Crippen LogP contribution in [0.5, 0.6) is 0 Å². The molecule has 5 heterocycles. The second-order valence-corrected chi connectivity index (χ2v) is 8.92. The molecule has 8 nitrogen and oxygen atoms in total. The van der Waals surface area contributed by atoms with E-state index in [9.17, 15) is 4.79 Å². The van der Waals surface area contributed by atoms with E-state index in [-0.39, 0.29) is 5.91 Å². The molecule has 2 aliphatic heterocycles. The summed E-state index contributed by atoms with van der Waals surface area (Å²) in [5.41, 5.74) is 1.64. The molecule has 0 saturated carbocycles. The first kappa shape index (κ1) is 17.5. The van der Waals surface area contributed by atoms with Crippen molar-refractivity contribution in [3.05, 3.63) is 33.5 Å². The quantitative estimate of drug-likeness (QED) is 0.672. The zero-order valence-corrected chi connectivity index (χ0v) is 17.1. The highest BCUT2D eigenvalue weighted by atomic mass is 32.1. The Bertz CT molecular complexity index is 1040. The number of aryl methyl sites for hydroxylation is 3. The normalized spacial score (nSPS) is 21.7. The monoisotopic (exact) mass is 397 g/mol. The van der Waals surface area contributed by atoms with Crippen molar-refractivity contribution in [1.29, 1.82) is 0 Å². The van der Waals surface area contributed by atoms with Gasteiger partial charge in [-0.25, -0.2) is 4.98 Å². The van der Waals surface area contributed by atoms with Crippen LogP contribution in [0.2, 0.25) is 0 Å². The van der Waals surface area contributed by atoms with Crippen molar-refractivity contribution in [1.82, 2.24) is 29.7 Å². The van der Waals surface area contributed by atoms with Crippen LogP contribution >= 0.6 is 11.3 Å². The van der Waals surface area contributed by atoms with Gasteiger partial charge in [-0.05, 0) is 26.0 Å². The van der Waals surface area contributed by atoms with Crippen LogP contribution in [0.3, 0.4) is 0 Å². The summed E-state index contributed by atoms with van der Waals surface area (Å²) in [4.78, 5) is 22.4. The lowest BCUT2D eigenvalue weighted by atomic mass is 10.0. The maximum atomic E-state index is 12.9. The Morgan fingerprint density at radius 2 is 1.89 bits per heavy atom. The SMILES string of the molecule is CCc1nnc2ccc(N3CC4CN(C(=O)c5sc(C)nc5C)CC4C3)nn12. The first-order valence-corrected chi connectivity index (χ1v) is 10.5. The molecule has 5 rings (SSSR count). The second kappa shape index (κ2) is 6.51. The number of nitrogens with zero attached hydrogens (tertiary/aromatic N) is 7. The number of thiazole rings is 1. The summed E-state index contributed by atoms with van der Waals surface area (Å²) >= 11 is 1.50. The van der Waals surface area contributed by atoms with E-state index in [1.807, 2.05) is 35.4 Å². The van der Waals surface area contributed by atoms with E-state index in [2.05, 4.69) is 27.0 Å². The third-order valence-corrected chi connectivity index (χ3v) is 6.89. The van der Waals surface area contributed by atoms with Gasteiger partial charge in [-0.1, -0.05) is 6.92 Å². The molecule has 2 aliphatic rings. The molecular weight excluding hydrogens is 374 g/mol. The molecule has 2 unspecified atom stereocenters. The van der Waals surface area contributed by atoms with Crippen molar-refractivity contribution < 1.29 is 4.79 Å². The average molecular weight is 398 g/mol. The van der Waals surface area contributed by atoms with Gasteiger partial charge in [0.15, 0.2) is 11.5 Å². The number of fused-ring (bicyclic) bond motifs is 2. The fourth-order valence-electron chi connectivity index (χ4n) is 4.43.